The number of aromatic nitrogens is 2. The number of aryl methyl sites for hydroxylation is 1. The SMILES string of the molecule is CCOCCS(=O)(=O)Nc1cc(CC)[nH]n1. The van der Waals surface area contributed by atoms with Crippen molar-refractivity contribution in [3.8, 4) is 0 Å². The lowest BCUT2D eigenvalue weighted by Crippen LogP contribution is -2.20. The van der Waals surface area contributed by atoms with Crippen LogP contribution < -0.4 is 4.72 Å². The Bertz CT molecular complexity index is 413. The lowest BCUT2D eigenvalue weighted by Gasteiger charge is -2.04. The van der Waals surface area contributed by atoms with Crippen molar-refractivity contribution in [2.24, 2.45) is 0 Å². The van der Waals surface area contributed by atoms with Crippen molar-refractivity contribution in [3.63, 3.8) is 0 Å². The van der Waals surface area contributed by atoms with E-state index in [-0.39, 0.29) is 12.4 Å². The third kappa shape index (κ3) is 4.19. The minimum Gasteiger partial charge on any atom is -0.381 e. The average molecular weight is 247 g/mol. The van der Waals surface area contributed by atoms with Gasteiger partial charge >= 0.3 is 0 Å². The fourth-order valence-corrected chi connectivity index (χ4v) is 1.98. The molecule has 1 aromatic heterocycles. The number of ether oxygens (including phenoxy) is 1. The molecule has 92 valence electrons. The molecule has 2 N–H and O–H groups in total. The maximum Gasteiger partial charge on any atom is 0.236 e. The Morgan fingerprint density at radius 1 is 1.50 bits per heavy atom. The van der Waals surface area contributed by atoms with Crippen LogP contribution in [0, 0.1) is 0 Å². The molecule has 0 radical (unpaired) electrons. The minimum absolute atomic E-state index is 0.0604. The van der Waals surface area contributed by atoms with Gasteiger partial charge in [0, 0.05) is 18.4 Å². The first-order valence-electron chi connectivity index (χ1n) is 5.20. The molecule has 16 heavy (non-hydrogen) atoms. The fourth-order valence-electron chi connectivity index (χ4n) is 1.12. The van der Waals surface area contributed by atoms with Crippen molar-refractivity contribution in [3.05, 3.63) is 11.8 Å². The number of rotatable bonds is 7. The molecular weight excluding hydrogens is 230 g/mol. The second-order valence-corrected chi connectivity index (χ2v) is 5.09. The molecule has 0 aromatic carbocycles. The van der Waals surface area contributed by atoms with E-state index >= 15 is 0 Å². The third-order valence-corrected chi connectivity index (χ3v) is 3.20. The van der Waals surface area contributed by atoms with Gasteiger partial charge in [0.25, 0.3) is 0 Å². The largest absolute Gasteiger partial charge is 0.381 e. The molecule has 1 heterocycles. The zero-order valence-electron chi connectivity index (χ0n) is 9.49. The minimum atomic E-state index is -3.36. The number of sulfonamides is 1. The van der Waals surface area contributed by atoms with Gasteiger partial charge < -0.3 is 4.74 Å². The van der Waals surface area contributed by atoms with Gasteiger partial charge in [-0.3, -0.25) is 9.82 Å². The summed E-state index contributed by atoms with van der Waals surface area (Å²) in [5, 5.41) is 6.58. The summed E-state index contributed by atoms with van der Waals surface area (Å²) < 4.78 is 30.4. The predicted molar refractivity (Wildman–Crippen MR) is 61.9 cm³/mol. The van der Waals surface area contributed by atoms with E-state index in [1.807, 2.05) is 13.8 Å². The second-order valence-electron chi connectivity index (χ2n) is 3.25. The number of anilines is 1. The Morgan fingerprint density at radius 2 is 2.25 bits per heavy atom. The van der Waals surface area contributed by atoms with Crippen molar-refractivity contribution < 1.29 is 13.2 Å². The number of hydrogen-bond donors (Lipinski definition) is 2. The highest BCUT2D eigenvalue weighted by molar-refractivity contribution is 7.92. The highest BCUT2D eigenvalue weighted by atomic mass is 32.2. The number of aromatic amines is 1. The summed E-state index contributed by atoms with van der Waals surface area (Å²) in [6, 6.07) is 1.68. The summed E-state index contributed by atoms with van der Waals surface area (Å²) >= 11 is 0. The van der Waals surface area contributed by atoms with Crippen molar-refractivity contribution in [1.82, 2.24) is 10.2 Å². The Morgan fingerprint density at radius 3 is 2.81 bits per heavy atom. The second kappa shape index (κ2) is 5.86. The van der Waals surface area contributed by atoms with Crippen molar-refractivity contribution in [2.45, 2.75) is 20.3 Å². The van der Waals surface area contributed by atoms with E-state index in [2.05, 4.69) is 14.9 Å². The molecule has 0 aliphatic rings. The Hall–Kier alpha value is -1.08. The van der Waals surface area contributed by atoms with Crippen molar-refractivity contribution in [2.75, 3.05) is 23.7 Å². The Balaban J connectivity index is 2.51. The molecule has 1 rings (SSSR count). The first-order chi connectivity index (χ1) is 7.57. The van der Waals surface area contributed by atoms with Gasteiger partial charge in [0.2, 0.25) is 10.0 Å². The van der Waals surface area contributed by atoms with Crippen LogP contribution in [0.4, 0.5) is 5.82 Å². The predicted octanol–water partition coefficient (Wildman–Crippen LogP) is 0.750. The summed E-state index contributed by atoms with van der Waals surface area (Å²) in [4.78, 5) is 0. The quantitative estimate of drug-likeness (QED) is 0.696. The van der Waals surface area contributed by atoms with Gasteiger partial charge in [-0.1, -0.05) is 6.92 Å². The van der Waals surface area contributed by atoms with Crippen molar-refractivity contribution in [1.29, 1.82) is 0 Å². The molecular formula is C9H17N3O3S. The standard InChI is InChI=1S/C9H17N3O3S/c1-3-8-7-9(11-10-8)12-16(13,14)6-5-15-4-2/h7H,3-6H2,1-2H3,(H2,10,11,12). The molecule has 0 aliphatic heterocycles. The van der Waals surface area contributed by atoms with Crippen LogP contribution in [-0.4, -0.2) is 37.6 Å². The highest BCUT2D eigenvalue weighted by Gasteiger charge is 2.11. The van der Waals surface area contributed by atoms with Gasteiger partial charge in [0.15, 0.2) is 5.82 Å². The number of hydrogen-bond acceptors (Lipinski definition) is 4. The Labute approximate surface area is 95.4 Å². The molecule has 0 atom stereocenters. The zero-order chi connectivity index (χ0) is 12.0. The smallest absolute Gasteiger partial charge is 0.236 e. The van der Waals surface area contributed by atoms with Crippen molar-refractivity contribution >= 4 is 15.8 Å². The summed E-state index contributed by atoms with van der Waals surface area (Å²) in [6.45, 7) is 4.48. The fraction of sp³-hybridized carbons (Fsp3) is 0.667. The van der Waals surface area contributed by atoms with Crippen LogP contribution in [0.15, 0.2) is 6.07 Å². The van der Waals surface area contributed by atoms with E-state index in [4.69, 9.17) is 4.74 Å². The van der Waals surface area contributed by atoms with E-state index in [9.17, 15) is 8.42 Å². The van der Waals surface area contributed by atoms with Gasteiger partial charge in [0.05, 0.1) is 12.4 Å². The molecule has 0 aliphatic carbocycles. The molecule has 0 bridgehead atoms. The van der Waals surface area contributed by atoms with Crippen LogP contribution in [0.2, 0.25) is 0 Å². The van der Waals surface area contributed by atoms with Gasteiger partial charge in [-0.05, 0) is 13.3 Å². The lowest BCUT2D eigenvalue weighted by molar-refractivity contribution is 0.163. The first kappa shape index (κ1) is 13.0. The molecule has 0 amide bonds. The monoisotopic (exact) mass is 247 g/mol. The van der Waals surface area contributed by atoms with Crippen LogP contribution >= 0.6 is 0 Å². The molecule has 0 fully saturated rings. The van der Waals surface area contributed by atoms with E-state index in [1.165, 1.54) is 0 Å². The maximum absolute atomic E-state index is 11.5. The van der Waals surface area contributed by atoms with E-state index in [0.717, 1.165) is 12.1 Å². The van der Waals surface area contributed by atoms with Gasteiger partial charge in [-0.15, -0.1) is 0 Å². The summed E-state index contributed by atoms with van der Waals surface area (Å²) in [6.07, 6.45) is 0.785. The topological polar surface area (TPSA) is 84.1 Å². The average Bonchev–Trinajstić information content (AvgIpc) is 2.65. The van der Waals surface area contributed by atoms with Gasteiger partial charge in [0.1, 0.15) is 0 Å². The lowest BCUT2D eigenvalue weighted by atomic mass is 10.3. The van der Waals surface area contributed by atoms with Crippen LogP contribution in [0.5, 0.6) is 0 Å². The van der Waals surface area contributed by atoms with Crippen LogP contribution in [-0.2, 0) is 21.2 Å². The molecule has 1 aromatic rings. The van der Waals surface area contributed by atoms with Gasteiger partial charge in [-0.2, -0.15) is 5.10 Å². The summed E-state index contributed by atoms with van der Waals surface area (Å²) in [5.41, 5.74) is 0.891. The first-order valence-corrected chi connectivity index (χ1v) is 6.85. The molecule has 0 spiro atoms. The Kier molecular flexibility index (Phi) is 4.75. The molecule has 0 unspecified atom stereocenters. The molecule has 0 saturated carbocycles. The third-order valence-electron chi connectivity index (χ3n) is 1.97. The van der Waals surface area contributed by atoms with Crippen LogP contribution in [0.1, 0.15) is 19.5 Å². The number of H-pyrrole nitrogens is 1. The normalized spacial score (nSPS) is 11.6. The molecule has 7 heteroatoms. The summed E-state index contributed by atoms with van der Waals surface area (Å²) in [7, 11) is -3.36. The van der Waals surface area contributed by atoms with E-state index in [1.54, 1.807) is 6.07 Å². The maximum atomic E-state index is 11.5. The number of nitrogens with zero attached hydrogens (tertiary/aromatic N) is 1. The molecule has 0 saturated heterocycles. The number of nitrogens with one attached hydrogen (secondary N) is 2. The van der Waals surface area contributed by atoms with Gasteiger partial charge in [-0.25, -0.2) is 8.42 Å². The zero-order valence-corrected chi connectivity index (χ0v) is 10.3. The summed E-state index contributed by atoms with van der Waals surface area (Å²) in [5.74, 6) is 0.267. The molecule has 6 nitrogen and oxygen atoms in total. The van der Waals surface area contributed by atoms with E-state index < -0.39 is 10.0 Å². The highest BCUT2D eigenvalue weighted by Crippen LogP contribution is 2.07. The van der Waals surface area contributed by atoms with Crippen LogP contribution in [0.3, 0.4) is 0 Å². The van der Waals surface area contributed by atoms with Crippen LogP contribution in [0.25, 0.3) is 0 Å². The van der Waals surface area contributed by atoms with E-state index in [0.29, 0.717) is 12.4 Å².